The molecule has 144 valence electrons. The van der Waals surface area contributed by atoms with Crippen molar-refractivity contribution in [3.63, 3.8) is 0 Å². The van der Waals surface area contributed by atoms with Crippen LogP contribution in [0.5, 0.6) is 11.5 Å². The zero-order chi connectivity index (χ0) is 20.1. The summed E-state index contributed by atoms with van der Waals surface area (Å²) in [4.78, 5) is 12.6. The van der Waals surface area contributed by atoms with Crippen molar-refractivity contribution in [3.8, 4) is 11.5 Å². The van der Waals surface area contributed by atoms with Crippen molar-refractivity contribution in [2.75, 3.05) is 12.4 Å². The van der Waals surface area contributed by atoms with Crippen LogP contribution in [0.4, 0.5) is 5.69 Å². The molecule has 0 spiro atoms. The van der Waals surface area contributed by atoms with Gasteiger partial charge >= 0.3 is 0 Å². The van der Waals surface area contributed by atoms with Gasteiger partial charge in [-0.3, -0.25) is 4.79 Å². The molecule has 1 amide bonds. The van der Waals surface area contributed by atoms with Crippen LogP contribution in [0.1, 0.15) is 27.0 Å². The summed E-state index contributed by atoms with van der Waals surface area (Å²) in [5, 5.41) is 2.91. The standard InChI is InChI=1S/C23H22INO3/c1-15-10-16(2)12-21(11-15)28-14-18-13-17(4-9-22(18)27-3)23(26)25-20-7-5-19(24)6-8-20/h4-13H,14H2,1-3H3,(H,25,26). The maximum atomic E-state index is 12.6. The van der Waals surface area contributed by atoms with Gasteiger partial charge in [-0.15, -0.1) is 0 Å². The molecule has 4 nitrogen and oxygen atoms in total. The summed E-state index contributed by atoms with van der Waals surface area (Å²) in [6.07, 6.45) is 0. The number of carbonyl (C=O) groups excluding carboxylic acids is 1. The van der Waals surface area contributed by atoms with E-state index in [4.69, 9.17) is 9.47 Å². The number of benzene rings is 3. The summed E-state index contributed by atoms with van der Waals surface area (Å²) >= 11 is 2.23. The third-order valence-electron chi connectivity index (χ3n) is 4.23. The lowest BCUT2D eigenvalue weighted by atomic mass is 10.1. The summed E-state index contributed by atoms with van der Waals surface area (Å²) in [7, 11) is 1.61. The maximum Gasteiger partial charge on any atom is 0.255 e. The summed E-state index contributed by atoms with van der Waals surface area (Å²) in [6.45, 7) is 4.39. The van der Waals surface area contributed by atoms with Crippen LogP contribution in [0.3, 0.4) is 0 Å². The van der Waals surface area contributed by atoms with Crippen LogP contribution >= 0.6 is 22.6 Å². The first kappa shape index (κ1) is 20.2. The van der Waals surface area contributed by atoms with Crippen molar-refractivity contribution in [1.29, 1.82) is 0 Å². The lowest BCUT2D eigenvalue weighted by Crippen LogP contribution is -2.12. The molecule has 0 aromatic heterocycles. The summed E-state index contributed by atoms with van der Waals surface area (Å²) in [6, 6.07) is 19.1. The fourth-order valence-electron chi connectivity index (χ4n) is 2.95. The average molecular weight is 487 g/mol. The molecule has 3 aromatic carbocycles. The Labute approximate surface area is 179 Å². The Morgan fingerprint density at radius 3 is 2.29 bits per heavy atom. The Bertz CT molecular complexity index is 963. The molecule has 1 N–H and O–H groups in total. The minimum atomic E-state index is -0.170. The van der Waals surface area contributed by atoms with E-state index < -0.39 is 0 Å². The Balaban J connectivity index is 1.77. The molecular formula is C23H22INO3. The topological polar surface area (TPSA) is 47.6 Å². The van der Waals surface area contributed by atoms with Gasteiger partial charge in [0.25, 0.3) is 5.91 Å². The Kier molecular flexibility index (Phi) is 6.57. The maximum absolute atomic E-state index is 12.6. The van der Waals surface area contributed by atoms with Gasteiger partial charge < -0.3 is 14.8 Å². The molecule has 3 rings (SSSR count). The van der Waals surface area contributed by atoms with E-state index in [9.17, 15) is 4.79 Å². The van der Waals surface area contributed by atoms with Crippen LogP contribution in [0, 0.1) is 17.4 Å². The molecule has 0 heterocycles. The highest BCUT2D eigenvalue weighted by Crippen LogP contribution is 2.24. The minimum absolute atomic E-state index is 0.170. The number of halogens is 1. The second kappa shape index (κ2) is 9.10. The van der Waals surface area contributed by atoms with E-state index in [1.54, 1.807) is 19.2 Å². The SMILES string of the molecule is COc1ccc(C(=O)Nc2ccc(I)cc2)cc1COc1cc(C)cc(C)c1. The molecule has 0 fully saturated rings. The molecule has 3 aromatic rings. The van der Waals surface area contributed by atoms with Crippen molar-refractivity contribution in [1.82, 2.24) is 0 Å². The van der Waals surface area contributed by atoms with E-state index in [0.29, 0.717) is 17.9 Å². The normalized spacial score (nSPS) is 10.4. The zero-order valence-corrected chi connectivity index (χ0v) is 18.2. The van der Waals surface area contributed by atoms with Crippen molar-refractivity contribution >= 4 is 34.2 Å². The number of hydrogen-bond acceptors (Lipinski definition) is 3. The number of ether oxygens (including phenoxy) is 2. The third-order valence-corrected chi connectivity index (χ3v) is 4.95. The molecule has 0 aliphatic carbocycles. The molecule has 0 aliphatic heterocycles. The average Bonchev–Trinajstić information content (AvgIpc) is 2.67. The van der Waals surface area contributed by atoms with E-state index >= 15 is 0 Å². The monoisotopic (exact) mass is 487 g/mol. The first-order chi connectivity index (χ1) is 13.4. The van der Waals surface area contributed by atoms with Crippen molar-refractivity contribution in [2.24, 2.45) is 0 Å². The Hall–Kier alpha value is -2.54. The number of anilines is 1. The van der Waals surface area contributed by atoms with Crippen LogP contribution in [0.15, 0.2) is 60.7 Å². The van der Waals surface area contributed by atoms with Gasteiger partial charge in [0.2, 0.25) is 0 Å². The van der Waals surface area contributed by atoms with Gasteiger partial charge in [0.05, 0.1) is 7.11 Å². The van der Waals surface area contributed by atoms with Crippen LogP contribution in [-0.2, 0) is 6.61 Å². The second-order valence-corrected chi connectivity index (χ2v) is 7.85. The quantitative estimate of drug-likeness (QED) is 0.451. The van der Waals surface area contributed by atoms with Crippen LogP contribution < -0.4 is 14.8 Å². The molecule has 0 atom stereocenters. The second-order valence-electron chi connectivity index (χ2n) is 6.60. The number of methoxy groups -OCH3 is 1. The van der Waals surface area contributed by atoms with Crippen LogP contribution in [-0.4, -0.2) is 13.0 Å². The predicted molar refractivity (Wildman–Crippen MR) is 120 cm³/mol. The van der Waals surface area contributed by atoms with Crippen LogP contribution in [0.25, 0.3) is 0 Å². The van der Waals surface area contributed by atoms with Crippen molar-refractivity contribution in [2.45, 2.75) is 20.5 Å². The highest BCUT2D eigenvalue weighted by atomic mass is 127. The number of hydrogen-bond donors (Lipinski definition) is 1. The number of aryl methyl sites for hydroxylation is 2. The van der Waals surface area contributed by atoms with Gasteiger partial charge in [-0.25, -0.2) is 0 Å². The number of rotatable bonds is 6. The molecule has 0 radical (unpaired) electrons. The number of nitrogens with one attached hydrogen (secondary N) is 1. The van der Waals surface area contributed by atoms with E-state index in [1.165, 1.54) is 0 Å². The van der Waals surface area contributed by atoms with E-state index in [0.717, 1.165) is 31.7 Å². The van der Waals surface area contributed by atoms with Crippen LogP contribution in [0.2, 0.25) is 0 Å². The molecule has 0 unspecified atom stereocenters. The number of carbonyl (C=O) groups is 1. The van der Waals surface area contributed by atoms with Gasteiger partial charge in [-0.2, -0.15) is 0 Å². The largest absolute Gasteiger partial charge is 0.496 e. The van der Waals surface area contributed by atoms with Gasteiger partial charge in [0.1, 0.15) is 18.1 Å². The summed E-state index contributed by atoms with van der Waals surface area (Å²) < 4.78 is 12.5. The van der Waals surface area contributed by atoms with Gasteiger partial charge in [-0.05, 0) is 102 Å². The number of amides is 1. The Morgan fingerprint density at radius 2 is 1.64 bits per heavy atom. The molecule has 28 heavy (non-hydrogen) atoms. The lowest BCUT2D eigenvalue weighted by molar-refractivity contribution is 0.102. The molecule has 0 aliphatic rings. The third kappa shape index (κ3) is 5.25. The minimum Gasteiger partial charge on any atom is -0.496 e. The van der Waals surface area contributed by atoms with E-state index in [1.807, 2.05) is 56.3 Å². The Morgan fingerprint density at radius 1 is 0.964 bits per heavy atom. The van der Waals surface area contributed by atoms with Gasteiger partial charge in [0, 0.05) is 20.4 Å². The molecule has 0 saturated heterocycles. The fraction of sp³-hybridized carbons (Fsp3) is 0.174. The predicted octanol–water partition coefficient (Wildman–Crippen LogP) is 5.75. The van der Waals surface area contributed by atoms with Gasteiger partial charge in [-0.1, -0.05) is 6.07 Å². The zero-order valence-electron chi connectivity index (χ0n) is 16.1. The first-order valence-corrected chi connectivity index (χ1v) is 9.97. The van der Waals surface area contributed by atoms with E-state index in [2.05, 4.69) is 34.0 Å². The molecule has 0 saturated carbocycles. The summed E-state index contributed by atoms with van der Waals surface area (Å²) in [5.74, 6) is 1.32. The van der Waals surface area contributed by atoms with E-state index in [-0.39, 0.29) is 5.91 Å². The van der Waals surface area contributed by atoms with Gasteiger partial charge in [0.15, 0.2) is 0 Å². The fourth-order valence-corrected chi connectivity index (χ4v) is 3.31. The van der Waals surface area contributed by atoms with Crippen molar-refractivity contribution < 1.29 is 14.3 Å². The first-order valence-electron chi connectivity index (χ1n) is 8.89. The highest BCUT2D eigenvalue weighted by Gasteiger charge is 2.12. The molecular weight excluding hydrogens is 465 g/mol. The van der Waals surface area contributed by atoms with Crippen molar-refractivity contribution in [3.05, 3.63) is 86.5 Å². The molecule has 0 bridgehead atoms. The highest BCUT2D eigenvalue weighted by molar-refractivity contribution is 14.1. The summed E-state index contributed by atoms with van der Waals surface area (Å²) in [5.41, 5.74) is 4.42. The smallest absolute Gasteiger partial charge is 0.255 e. The lowest BCUT2D eigenvalue weighted by Gasteiger charge is -2.13. The molecule has 5 heteroatoms.